The van der Waals surface area contributed by atoms with Gasteiger partial charge in [-0.25, -0.2) is 9.48 Å². The minimum Gasteiger partial charge on any atom is -0.465 e. The van der Waals surface area contributed by atoms with Crippen LogP contribution in [0.2, 0.25) is 0 Å². The van der Waals surface area contributed by atoms with Crippen LogP contribution < -0.4 is 10.2 Å². The molecule has 0 radical (unpaired) electrons. The van der Waals surface area contributed by atoms with E-state index in [1.807, 2.05) is 31.2 Å². The van der Waals surface area contributed by atoms with Crippen LogP contribution in [0.3, 0.4) is 0 Å². The summed E-state index contributed by atoms with van der Waals surface area (Å²) in [4.78, 5) is 26.7. The van der Waals surface area contributed by atoms with Crippen LogP contribution in [0.4, 0.5) is 19.0 Å². The van der Waals surface area contributed by atoms with E-state index < -0.39 is 35.4 Å². The van der Waals surface area contributed by atoms with Crippen molar-refractivity contribution in [1.82, 2.24) is 15.1 Å². The van der Waals surface area contributed by atoms with Crippen molar-refractivity contribution in [3.05, 3.63) is 82.0 Å². The number of esters is 1. The number of methoxy groups -OCH3 is 1. The molecule has 4 rings (SSSR count). The van der Waals surface area contributed by atoms with E-state index in [1.165, 1.54) is 29.5 Å². The number of aryl methyl sites for hydroxylation is 1. The van der Waals surface area contributed by atoms with Gasteiger partial charge >= 0.3 is 12.1 Å². The number of aromatic nitrogens is 2. The molecule has 2 aromatic carbocycles. The van der Waals surface area contributed by atoms with Crippen molar-refractivity contribution in [2.75, 3.05) is 18.6 Å². The first-order valence-corrected chi connectivity index (χ1v) is 11.6. The number of carbonyl (C=O) groups is 2. The molecule has 0 saturated heterocycles. The number of hydrogen-bond donors (Lipinski definition) is 1. The summed E-state index contributed by atoms with van der Waals surface area (Å²) in [5.74, 6) is -1.21. The molecule has 10 heteroatoms. The van der Waals surface area contributed by atoms with E-state index in [1.54, 1.807) is 24.0 Å². The summed E-state index contributed by atoms with van der Waals surface area (Å²) in [6.07, 6.45) is -3.90. The van der Waals surface area contributed by atoms with Gasteiger partial charge in [0.05, 0.1) is 25.3 Å². The second-order valence-corrected chi connectivity index (χ2v) is 8.67. The number of ether oxygens (including phenoxy) is 1. The summed E-state index contributed by atoms with van der Waals surface area (Å²) in [5.41, 5.74) is 1.37. The van der Waals surface area contributed by atoms with Crippen LogP contribution in [0, 0.1) is 0 Å². The average molecular weight is 501 g/mol. The maximum Gasteiger partial charge on any atom is 0.436 e. The van der Waals surface area contributed by atoms with Gasteiger partial charge in [-0.1, -0.05) is 43.3 Å². The minimum absolute atomic E-state index is 0.160. The third-order valence-electron chi connectivity index (χ3n) is 6.29. The molecular weight excluding hydrogens is 473 g/mol. The highest BCUT2D eigenvalue weighted by Gasteiger charge is 2.44. The molecule has 1 atom stereocenters. The van der Waals surface area contributed by atoms with E-state index in [0.29, 0.717) is 24.2 Å². The second kappa shape index (κ2) is 10.0. The fourth-order valence-electron chi connectivity index (χ4n) is 4.29. The number of alkyl halides is 3. The maximum absolute atomic E-state index is 13.9. The number of nitrogens with one attached hydrogen (secondary N) is 1. The molecule has 1 aliphatic heterocycles. The Hall–Kier alpha value is -3.82. The molecule has 0 fully saturated rings. The third kappa shape index (κ3) is 5.07. The second-order valence-electron chi connectivity index (χ2n) is 8.67. The molecule has 0 aliphatic carbocycles. The lowest BCUT2D eigenvalue weighted by molar-refractivity contribution is -0.141. The van der Waals surface area contributed by atoms with E-state index in [2.05, 4.69) is 15.2 Å². The summed E-state index contributed by atoms with van der Waals surface area (Å²) in [6.45, 7) is 4.77. The zero-order chi connectivity index (χ0) is 26.0. The number of halogens is 3. The molecule has 190 valence electrons. The Bertz CT molecular complexity index is 1250. The predicted molar refractivity (Wildman–Crippen MR) is 128 cm³/mol. The summed E-state index contributed by atoms with van der Waals surface area (Å²) < 4.78 is 47.6. The highest BCUT2D eigenvalue weighted by molar-refractivity contribution is 6.01. The first-order valence-electron chi connectivity index (χ1n) is 11.6. The van der Waals surface area contributed by atoms with E-state index in [0.717, 1.165) is 12.0 Å². The molecule has 2 heterocycles. The molecule has 1 N–H and O–H groups in total. The van der Waals surface area contributed by atoms with Crippen LogP contribution >= 0.6 is 0 Å². The molecule has 0 bridgehead atoms. The molecule has 3 aromatic rings. The molecule has 1 aromatic heterocycles. The lowest BCUT2D eigenvalue weighted by Gasteiger charge is -2.21. The van der Waals surface area contributed by atoms with Crippen LogP contribution in [0.25, 0.3) is 0 Å². The fourth-order valence-corrected chi connectivity index (χ4v) is 4.29. The molecule has 0 spiro atoms. The van der Waals surface area contributed by atoms with E-state index in [4.69, 9.17) is 0 Å². The van der Waals surface area contributed by atoms with Crippen molar-refractivity contribution in [2.24, 2.45) is 0 Å². The first-order chi connectivity index (χ1) is 17.1. The number of nitrogens with zero attached hydrogens (tertiary/aromatic N) is 3. The van der Waals surface area contributed by atoms with Crippen molar-refractivity contribution < 1.29 is 27.5 Å². The summed E-state index contributed by atoms with van der Waals surface area (Å²) in [5, 5.41) is 6.43. The zero-order valence-electron chi connectivity index (χ0n) is 20.2. The third-order valence-corrected chi connectivity index (χ3v) is 6.29. The molecule has 36 heavy (non-hydrogen) atoms. The van der Waals surface area contributed by atoms with Gasteiger partial charge in [0.15, 0.2) is 5.69 Å². The molecule has 1 aliphatic rings. The average Bonchev–Trinajstić information content (AvgIpc) is 3.44. The Morgan fingerprint density at radius 2 is 1.69 bits per heavy atom. The Labute approximate surface area is 206 Å². The number of carbonyl (C=O) groups excluding carboxylic acids is 2. The smallest absolute Gasteiger partial charge is 0.436 e. The van der Waals surface area contributed by atoms with Crippen molar-refractivity contribution in [3.8, 4) is 0 Å². The fraction of sp³-hybridized carbons (Fsp3) is 0.346. The number of anilines is 1. The topological polar surface area (TPSA) is 76.5 Å². The van der Waals surface area contributed by atoms with Gasteiger partial charge in [0.2, 0.25) is 0 Å². The monoisotopic (exact) mass is 500 g/mol. The number of fused-ring (bicyclic) bond motifs is 1. The molecule has 1 amide bonds. The number of benzene rings is 2. The number of rotatable bonds is 7. The van der Waals surface area contributed by atoms with Crippen LogP contribution in [0.1, 0.15) is 63.0 Å². The van der Waals surface area contributed by atoms with E-state index >= 15 is 0 Å². The van der Waals surface area contributed by atoms with Crippen LogP contribution in [0.5, 0.6) is 0 Å². The van der Waals surface area contributed by atoms with Gasteiger partial charge in [-0.2, -0.15) is 18.3 Å². The number of hydrogen-bond acceptors (Lipinski definition) is 5. The van der Waals surface area contributed by atoms with Crippen molar-refractivity contribution in [3.63, 3.8) is 0 Å². The normalized spacial score (nSPS) is 13.9. The van der Waals surface area contributed by atoms with Crippen LogP contribution in [0.15, 0.2) is 48.5 Å². The van der Waals surface area contributed by atoms with E-state index in [-0.39, 0.29) is 12.4 Å². The van der Waals surface area contributed by atoms with Gasteiger partial charge in [0.1, 0.15) is 11.4 Å². The maximum atomic E-state index is 13.9. The van der Waals surface area contributed by atoms with Crippen LogP contribution in [-0.2, 0) is 30.4 Å². The van der Waals surface area contributed by atoms with Gasteiger partial charge in [-0.3, -0.25) is 4.79 Å². The Morgan fingerprint density at radius 1 is 1.06 bits per heavy atom. The van der Waals surface area contributed by atoms with Gasteiger partial charge in [0, 0.05) is 13.1 Å². The largest absolute Gasteiger partial charge is 0.465 e. The Kier molecular flexibility index (Phi) is 7.05. The first kappa shape index (κ1) is 25.3. The highest BCUT2D eigenvalue weighted by atomic mass is 19.4. The highest BCUT2D eigenvalue weighted by Crippen LogP contribution is 2.38. The van der Waals surface area contributed by atoms with Gasteiger partial charge in [-0.05, 0) is 42.2 Å². The van der Waals surface area contributed by atoms with Gasteiger partial charge in [0.25, 0.3) is 5.91 Å². The Morgan fingerprint density at radius 3 is 2.28 bits per heavy atom. The lowest BCUT2D eigenvalue weighted by atomic mass is 10.1. The Balaban J connectivity index is 1.61. The molecule has 0 saturated carbocycles. The van der Waals surface area contributed by atoms with E-state index in [9.17, 15) is 22.8 Å². The minimum atomic E-state index is -4.79. The summed E-state index contributed by atoms with van der Waals surface area (Å²) in [7, 11) is 1.27. The zero-order valence-corrected chi connectivity index (χ0v) is 20.2. The van der Waals surface area contributed by atoms with Crippen molar-refractivity contribution in [2.45, 2.75) is 45.6 Å². The molecule has 0 unspecified atom stereocenters. The number of amides is 1. The lowest BCUT2D eigenvalue weighted by Crippen LogP contribution is -2.31. The van der Waals surface area contributed by atoms with Gasteiger partial charge in [-0.15, -0.1) is 0 Å². The summed E-state index contributed by atoms with van der Waals surface area (Å²) in [6, 6.07) is 13.6. The summed E-state index contributed by atoms with van der Waals surface area (Å²) >= 11 is 0. The predicted octanol–water partition coefficient (Wildman–Crippen LogP) is 4.76. The molecule has 7 nitrogen and oxygen atoms in total. The molecular formula is C26H27F3N4O3. The van der Waals surface area contributed by atoms with Gasteiger partial charge < -0.3 is 15.0 Å². The van der Waals surface area contributed by atoms with Crippen molar-refractivity contribution in [1.29, 1.82) is 0 Å². The SMILES string of the molecule is CCc1ccc(CN2CCn3nc(C(F)(F)F)c(C(=O)N[C@@H](C)c4ccc(C(=O)OC)cc4)c32)cc1. The standard InChI is InChI=1S/C26H27F3N4O3/c1-4-17-5-7-18(8-6-17)15-32-13-14-33-24(32)21(22(31-33)26(27,28)29)23(34)30-16(2)19-9-11-20(12-10-19)25(35)36-3/h5-12,16H,4,13-15H2,1-3H3,(H,30,34)/t16-/m0/s1. The van der Waals surface area contributed by atoms with Crippen molar-refractivity contribution >= 4 is 17.7 Å². The quantitative estimate of drug-likeness (QED) is 0.474. The van der Waals surface area contributed by atoms with Crippen LogP contribution in [-0.4, -0.2) is 35.3 Å².